The highest BCUT2D eigenvalue weighted by atomic mass is 32.2. The van der Waals surface area contributed by atoms with Crippen molar-refractivity contribution >= 4 is 21.8 Å². The predicted octanol–water partition coefficient (Wildman–Crippen LogP) is 0.188. The summed E-state index contributed by atoms with van der Waals surface area (Å²) in [6, 6.07) is 2.72. The second-order valence-electron chi connectivity index (χ2n) is 8.34. The van der Waals surface area contributed by atoms with Gasteiger partial charge in [0.15, 0.2) is 11.5 Å². The number of piperazine rings is 1. The van der Waals surface area contributed by atoms with Crippen molar-refractivity contribution in [3.8, 4) is 11.5 Å². The first-order chi connectivity index (χ1) is 16.4. The molecule has 0 spiro atoms. The topological polar surface area (TPSA) is 115 Å². The van der Waals surface area contributed by atoms with Gasteiger partial charge < -0.3 is 28.7 Å². The van der Waals surface area contributed by atoms with Gasteiger partial charge in [0, 0.05) is 51.9 Å². The fraction of sp³-hybridized carbons (Fsp3) is 0.636. The molecule has 3 saturated heterocycles. The van der Waals surface area contributed by atoms with Gasteiger partial charge in [0.1, 0.15) is 6.10 Å². The zero-order chi connectivity index (χ0) is 24.3. The smallest absolute Gasteiger partial charge is 0.257 e. The van der Waals surface area contributed by atoms with Crippen LogP contribution < -0.4 is 9.47 Å². The Morgan fingerprint density at radius 3 is 2.21 bits per heavy atom. The average molecular weight is 498 g/mol. The van der Waals surface area contributed by atoms with E-state index in [1.54, 1.807) is 9.80 Å². The lowest BCUT2D eigenvalue weighted by atomic mass is 10.1. The molecule has 34 heavy (non-hydrogen) atoms. The third-order valence-electron chi connectivity index (χ3n) is 6.37. The van der Waals surface area contributed by atoms with Gasteiger partial charge in [-0.25, -0.2) is 8.42 Å². The molecular formula is C22H31N3O8S. The van der Waals surface area contributed by atoms with Gasteiger partial charge in [0.05, 0.1) is 37.9 Å². The Kier molecular flexibility index (Phi) is 7.60. The van der Waals surface area contributed by atoms with Crippen molar-refractivity contribution in [1.82, 2.24) is 14.1 Å². The summed E-state index contributed by atoms with van der Waals surface area (Å²) in [4.78, 5) is 29.4. The van der Waals surface area contributed by atoms with Crippen molar-refractivity contribution in [2.75, 3.05) is 73.3 Å². The largest absolute Gasteiger partial charge is 0.493 e. The van der Waals surface area contributed by atoms with E-state index < -0.39 is 16.1 Å². The third-order valence-corrected chi connectivity index (χ3v) is 8.25. The molecule has 12 heteroatoms. The summed E-state index contributed by atoms with van der Waals surface area (Å²) in [7, 11) is -1.05. The van der Waals surface area contributed by atoms with Gasteiger partial charge in [-0.1, -0.05) is 0 Å². The molecule has 0 N–H and O–H groups in total. The molecule has 0 aliphatic carbocycles. The Morgan fingerprint density at radius 2 is 1.62 bits per heavy atom. The lowest BCUT2D eigenvalue weighted by Crippen LogP contribution is -2.52. The summed E-state index contributed by atoms with van der Waals surface area (Å²) in [6.07, 6.45) is 1.20. The van der Waals surface area contributed by atoms with Gasteiger partial charge in [-0.2, -0.15) is 4.31 Å². The van der Waals surface area contributed by atoms with E-state index in [0.717, 1.165) is 12.8 Å². The van der Waals surface area contributed by atoms with E-state index in [0.29, 0.717) is 46.0 Å². The van der Waals surface area contributed by atoms with Gasteiger partial charge in [-0.3, -0.25) is 9.59 Å². The van der Waals surface area contributed by atoms with Crippen molar-refractivity contribution in [1.29, 1.82) is 0 Å². The third kappa shape index (κ3) is 4.85. The summed E-state index contributed by atoms with van der Waals surface area (Å²) < 4.78 is 49.4. The van der Waals surface area contributed by atoms with Crippen LogP contribution in [0.5, 0.6) is 11.5 Å². The number of nitrogens with zero attached hydrogens (tertiary/aromatic N) is 3. The van der Waals surface area contributed by atoms with E-state index in [9.17, 15) is 18.0 Å². The molecule has 188 valence electrons. The van der Waals surface area contributed by atoms with Crippen molar-refractivity contribution in [3.63, 3.8) is 0 Å². The molecule has 0 aromatic heterocycles. The van der Waals surface area contributed by atoms with E-state index in [2.05, 4.69) is 0 Å². The van der Waals surface area contributed by atoms with E-state index >= 15 is 0 Å². The van der Waals surface area contributed by atoms with Crippen LogP contribution >= 0.6 is 0 Å². The Balaban J connectivity index is 1.56. The summed E-state index contributed by atoms with van der Waals surface area (Å²) in [6.45, 7) is 3.11. The Labute approximate surface area is 199 Å². The molecule has 3 fully saturated rings. The summed E-state index contributed by atoms with van der Waals surface area (Å²) in [5, 5.41) is 0. The first-order valence-electron chi connectivity index (χ1n) is 11.4. The van der Waals surface area contributed by atoms with Gasteiger partial charge in [-0.05, 0) is 18.9 Å². The number of hydrogen-bond acceptors (Lipinski definition) is 8. The van der Waals surface area contributed by atoms with Crippen molar-refractivity contribution in [2.24, 2.45) is 0 Å². The molecule has 2 amide bonds. The maximum Gasteiger partial charge on any atom is 0.257 e. The van der Waals surface area contributed by atoms with E-state index in [-0.39, 0.29) is 46.9 Å². The molecule has 1 aromatic carbocycles. The summed E-state index contributed by atoms with van der Waals surface area (Å²) in [5.74, 6) is -0.0838. The summed E-state index contributed by atoms with van der Waals surface area (Å²) >= 11 is 0. The highest BCUT2D eigenvalue weighted by Gasteiger charge is 2.34. The maximum atomic E-state index is 13.5. The number of rotatable bonds is 6. The number of benzene rings is 1. The Bertz CT molecular complexity index is 1010. The van der Waals surface area contributed by atoms with Crippen LogP contribution in [0.25, 0.3) is 0 Å². The number of ether oxygens (including phenoxy) is 4. The van der Waals surface area contributed by atoms with Gasteiger partial charge >= 0.3 is 0 Å². The second kappa shape index (κ2) is 10.5. The van der Waals surface area contributed by atoms with E-state index in [1.165, 1.54) is 30.7 Å². The van der Waals surface area contributed by atoms with Crippen LogP contribution in [0, 0.1) is 0 Å². The van der Waals surface area contributed by atoms with E-state index in [1.807, 2.05) is 0 Å². The minimum absolute atomic E-state index is 0.0393. The molecule has 3 aliphatic rings. The zero-order valence-electron chi connectivity index (χ0n) is 19.5. The molecule has 4 rings (SSSR count). The van der Waals surface area contributed by atoms with Crippen LogP contribution in [0.4, 0.5) is 0 Å². The zero-order valence-corrected chi connectivity index (χ0v) is 20.3. The second-order valence-corrected chi connectivity index (χ2v) is 10.3. The molecule has 1 atom stereocenters. The van der Waals surface area contributed by atoms with Gasteiger partial charge in [0.25, 0.3) is 11.8 Å². The number of sulfonamides is 1. The van der Waals surface area contributed by atoms with Crippen LogP contribution in [-0.4, -0.2) is 114 Å². The molecule has 0 saturated carbocycles. The fourth-order valence-electron chi connectivity index (χ4n) is 4.46. The SMILES string of the molecule is COc1cc(S(=O)(=O)N2CCOCC2)cc(C(=O)N2CCN(C(=O)C3CCCO3)CC2)c1OC. The predicted molar refractivity (Wildman–Crippen MR) is 121 cm³/mol. The van der Waals surface area contributed by atoms with Crippen LogP contribution in [0.2, 0.25) is 0 Å². The van der Waals surface area contributed by atoms with E-state index in [4.69, 9.17) is 18.9 Å². The standard InChI is InChI=1S/C22H31N3O8S/c1-30-19-15-16(34(28,29)25-9-12-32-13-10-25)14-17(20(19)31-2)21(26)23-5-7-24(8-6-23)22(27)18-4-3-11-33-18/h14-15,18H,3-13H2,1-2H3. The number of carbonyl (C=O) groups is 2. The number of carbonyl (C=O) groups excluding carboxylic acids is 2. The quantitative estimate of drug-likeness (QED) is 0.547. The molecular weight excluding hydrogens is 466 g/mol. The first kappa shape index (κ1) is 24.7. The number of morpholine rings is 1. The monoisotopic (exact) mass is 497 g/mol. The number of hydrogen-bond donors (Lipinski definition) is 0. The normalized spacial score (nSPS) is 22.0. The van der Waals surface area contributed by atoms with Crippen molar-refractivity contribution < 1.29 is 37.0 Å². The molecule has 0 radical (unpaired) electrons. The van der Waals surface area contributed by atoms with Crippen LogP contribution in [0.1, 0.15) is 23.2 Å². The molecule has 1 unspecified atom stereocenters. The lowest BCUT2D eigenvalue weighted by molar-refractivity contribution is -0.142. The Morgan fingerprint density at radius 1 is 0.941 bits per heavy atom. The molecule has 3 aliphatic heterocycles. The fourth-order valence-corrected chi connectivity index (χ4v) is 5.91. The average Bonchev–Trinajstić information content (AvgIpc) is 3.42. The molecule has 3 heterocycles. The summed E-state index contributed by atoms with van der Waals surface area (Å²) in [5.41, 5.74) is 0.104. The van der Waals surface area contributed by atoms with Crippen molar-refractivity contribution in [2.45, 2.75) is 23.8 Å². The lowest BCUT2D eigenvalue weighted by Gasteiger charge is -2.36. The maximum absolute atomic E-state index is 13.5. The number of methoxy groups -OCH3 is 2. The first-order valence-corrected chi connectivity index (χ1v) is 12.8. The Hall–Kier alpha value is -2.41. The molecule has 0 bridgehead atoms. The van der Waals surface area contributed by atoms with Crippen LogP contribution in [0.15, 0.2) is 17.0 Å². The highest BCUT2D eigenvalue weighted by molar-refractivity contribution is 7.89. The minimum atomic E-state index is -3.86. The molecule has 11 nitrogen and oxygen atoms in total. The molecule has 1 aromatic rings. The number of amides is 2. The minimum Gasteiger partial charge on any atom is -0.493 e. The van der Waals surface area contributed by atoms with Crippen molar-refractivity contribution in [3.05, 3.63) is 17.7 Å². The van der Waals surface area contributed by atoms with Crippen LogP contribution in [0.3, 0.4) is 0 Å². The highest BCUT2D eigenvalue weighted by Crippen LogP contribution is 2.36. The van der Waals surface area contributed by atoms with Crippen LogP contribution in [-0.2, 0) is 24.3 Å². The van der Waals surface area contributed by atoms with Gasteiger partial charge in [-0.15, -0.1) is 0 Å². The van der Waals surface area contributed by atoms with Gasteiger partial charge in [0.2, 0.25) is 10.0 Å².